The summed E-state index contributed by atoms with van der Waals surface area (Å²) >= 11 is 6.17. The van der Waals surface area contributed by atoms with Crippen LogP contribution in [0, 0.1) is 19.8 Å². The first-order valence-electron chi connectivity index (χ1n) is 8.60. The van der Waals surface area contributed by atoms with Crippen molar-refractivity contribution in [3.05, 3.63) is 46.2 Å². The predicted octanol–water partition coefficient (Wildman–Crippen LogP) is 4.36. The summed E-state index contributed by atoms with van der Waals surface area (Å²) < 4.78 is 0. The van der Waals surface area contributed by atoms with Crippen LogP contribution in [0.5, 0.6) is 0 Å². The summed E-state index contributed by atoms with van der Waals surface area (Å²) in [6.45, 7) is 7.58. The number of rotatable bonds is 3. The van der Waals surface area contributed by atoms with E-state index in [2.05, 4.69) is 22.2 Å². The van der Waals surface area contributed by atoms with Crippen molar-refractivity contribution in [1.29, 1.82) is 0 Å². The van der Waals surface area contributed by atoms with Gasteiger partial charge in [0.2, 0.25) is 5.95 Å². The lowest BCUT2D eigenvalue weighted by molar-refractivity contribution is 0.0677. The molecule has 5 nitrogen and oxygen atoms in total. The number of amides is 1. The van der Waals surface area contributed by atoms with Crippen molar-refractivity contribution in [2.45, 2.75) is 33.6 Å². The largest absolute Gasteiger partial charge is 0.337 e. The van der Waals surface area contributed by atoms with Crippen LogP contribution in [0.2, 0.25) is 5.02 Å². The van der Waals surface area contributed by atoms with Gasteiger partial charge in [0.25, 0.3) is 5.91 Å². The Morgan fingerprint density at radius 3 is 2.80 bits per heavy atom. The van der Waals surface area contributed by atoms with Gasteiger partial charge in [-0.05, 0) is 56.4 Å². The normalized spacial score (nSPS) is 17.4. The summed E-state index contributed by atoms with van der Waals surface area (Å²) in [6, 6.07) is 7.42. The van der Waals surface area contributed by atoms with E-state index >= 15 is 0 Å². The van der Waals surface area contributed by atoms with Crippen molar-refractivity contribution >= 4 is 29.1 Å². The first-order valence-corrected chi connectivity index (χ1v) is 8.98. The Kier molecular flexibility index (Phi) is 5.23. The van der Waals surface area contributed by atoms with Crippen LogP contribution in [-0.2, 0) is 0 Å². The number of anilines is 2. The van der Waals surface area contributed by atoms with Crippen LogP contribution >= 0.6 is 11.6 Å². The zero-order valence-corrected chi connectivity index (χ0v) is 15.6. The first-order chi connectivity index (χ1) is 11.9. The van der Waals surface area contributed by atoms with Gasteiger partial charge in [-0.15, -0.1) is 0 Å². The third-order valence-corrected chi connectivity index (χ3v) is 4.85. The van der Waals surface area contributed by atoms with Crippen LogP contribution in [0.25, 0.3) is 0 Å². The van der Waals surface area contributed by atoms with E-state index in [4.69, 9.17) is 11.6 Å². The van der Waals surface area contributed by atoms with Gasteiger partial charge < -0.3 is 10.2 Å². The highest BCUT2D eigenvalue weighted by Gasteiger charge is 2.23. The van der Waals surface area contributed by atoms with E-state index in [1.165, 1.54) is 6.42 Å². The zero-order valence-electron chi connectivity index (χ0n) is 14.8. The molecule has 1 atom stereocenters. The molecule has 3 rings (SSSR count). The van der Waals surface area contributed by atoms with Crippen LogP contribution < -0.4 is 5.32 Å². The molecule has 6 heteroatoms. The summed E-state index contributed by atoms with van der Waals surface area (Å²) in [5.41, 5.74) is 2.99. The zero-order chi connectivity index (χ0) is 18.0. The summed E-state index contributed by atoms with van der Waals surface area (Å²) in [5.74, 6) is 0.920. The highest BCUT2D eigenvalue weighted by molar-refractivity contribution is 6.31. The molecule has 1 aliphatic rings. The van der Waals surface area contributed by atoms with E-state index in [1.54, 1.807) is 6.07 Å². The Labute approximate surface area is 153 Å². The minimum atomic E-state index is -0.0259. The first kappa shape index (κ1) is 17.7. The van der Waals surface area contributed by atoms with Gasteiger partial charge >= 0.3 is 0 Å². The fourth-order valence-corrected chi connectivity index (χ4v) is 3.25. The van der Waals surface area contributed by atoms with Gasteiger partial charge in [0.15, 0.2) is 0 Å². The third-order valence-electron chi connectivity index (χ3n) is 4.45. The fraction of sp³-hybridized carbons (Fsp3) is 0.421. The van der Waals surface area contributed by atoms with Gasteiger partial charge in [-0.2, -0.15) is 0 Å². The number of carbonyl (C=O) groups excluding carboxylic acids is 1. The fourth-order valence-electron chi connectivity index (χ4n) is 3.07. The lowest BCUT2D eigenvalue weighted by Crippen LogP contribution is -2.39. The molecule has 0 bridgehead atoms. The number of carbonyl (C=O) groups is 1. The molecular formula is C19H23ClN4O. The molecule has 1 fully saturated rings. The van der Waals surface area contributed by atoms with Crippen LogP contribution in [0.3, 0.4) is 0 Å². The maximum Gasteiger partial charge on any atom is 0.272 e. The van der Waals surface area contributed by atoms with Crippen molar-refractivity contribution < 1.29 is 4.79 Å². The van der Waals surface area contributed by atoms with E-state index in [-0.39, 0.29) is 5.91 Å². The molecule has 1 aromatic carbocycles. The molecule has 2 aromatic rings. The second-order valence-corrected chi connectivity index (χ2v) is 7.21. The second-order valence-electron chi connectivity index (χ2n) is 6.81. The molecule has 1 N–H and O–H groups in total. The van der Waals surface area contributed by atoms with Gasteiger partial charge in [-0.1, -0.05) is 24.6 Å². The quantitative estimate of drug-likeness (QED) is 0.885. The van der Waals surface area contributed by atoms with Gasteiger partial charge in [0, 0.05) is 29.5 Å². The number of likely N-dealkylation sites (tertiary alicyclic amines) is 1. The lowest BCUT2D eigenvalue weighted by Gasteiger charge is -2.30. The minimum Gasteiger partial charge on any atom is -0.337 e. The number of aryl methyl sites for hydroxylation is 2. The van der Waals surface area contributed by atoms with Crippen molar-refractivity contribution in [3.8, 4) is 0 Å². The number of nitrogens with one attached hydrogen (secondary N) is 1. The molecule has 1 saturated heterocycles. The molecule has 1 aliphatic heterocycles. The van der Waals surface area contributed by atoms with E-state index in [0.29, 0.717) is 22.6 Å². The van der Waals surface area contributed by atoms with Crippen LogP contribution in [0.4, 0.5) is 11.6 Å². The van der Waals surface area contributed by atoms with Crippen LogP contribution in [0.15, 0.2) is 24.3 Å². The summed E-state index contributed by atoms with van der Waals surface area (Å²) in [7, 11) is 0. The maximum absolute atomic E-state index is 12.8. The Morgan fingerprint density at radius 1 is 1.28 bits per heavy atom. The number of hydrogen-bond acceptors (Lipinski definition) is 4. The van der Waals surface area contributed by atoms with Crippen LogP contribution in [-0.4, -0.2) is 33.9 Å². The number of piperidine rings is 1. The average Bonchev–Trinajstić information content (AvgIpc) is 2.57. The molecule has 2 heterocycles. The predicted molar refractivity (Wildman–Crippen MR) is 101 cm³/mol. The Balaban J connectivity index is 1.82. The molecule has 0 radical (unpaired) electrons. The number of halogens is 1. The molecule has 132 valence electrons. The Hall–Kier alpha value is -2.14. The highest BCUT2D eigenvalue weighted by atomic mass is 35.5. The standard InChI is InChI=1S/C19H23ClN4O/c1-12-5-4-8-24(11-12)18(25)17-9-14(3)21-19(23-17)22-15-7-6-13(2)16(20)10-15/h6-7,9-10,12H,4-5,8,11H2,1-3H3,(H,21,22,23). The van der Waals surface area contributed by atoms with Crippen molar-refractivity contribution in [1.82, 2.24) is 14.9 Å². The molecule has 1 aromatic heterocycles. The van der Waals surface area contributed by atoms with Crippen molar-refractivity contribution in [3.63, 3.8) is 0 Å². The number of aromatic nitrogens is 2. The minimum absolute atomic E-state index is 0.0259. The number of benzene rings is 1. The number of hydrogen-bond donors (Lipinski definition) is 1. The molecule has 0 saturated carbocycles. The molecule has 1 amide bonds. The average molecular weight is 359 g/mol. The summed E-state index contributed by atoms with van der Waals surface area (Å²) in [4.78, 5) is 23.5. The third kappa shape index (κ3) is 4.28. The maximum atomic E-state index is 12.8. The van der Waals surface area contributed by atoms with Crippen LogP contribution in [0.1, 0.15) is 41.5 Å². The van der Waals surface area contributed by atoms with E-state index < -0.39 is 0 Å². The Bertz CT molecular complexity index is 793. The van der Waals surface area contributed by atoms with E-state index in [1.807, 2.05) is 36.9 Å². The van der Waals surface area contributed by atoms with Gasteiger partial charge in [0.05, 0.1) is 0 Å². The topological polar surface area (TPSA) is 58.1 Å². The lowest BCUT2D eigenvalue weighted by atomic mass is 10.00. The smallest absolute Gasteiger partial charge is 0.272 e. The number of nitrogens with zero attached hydrogens (tertiary/aromatic N) is 3. The SMILES string of the molecule is Cc1cc(C(=O)N2CCCC(C)C2)nc(Nc2ccc(C)c(Cl)c2)n1. The molecule has 0 aliphatic carbocycles. The monoisotopic (exact) mass is 358 g/mol. The van der Waals surface area contributed by atoms with E-state index in [0.717, 1.165) is 36.5 Å². The highest BCUT2D eigenvalue weighted by Crippen LogP contribution is 2.23. The molecule has 0 spiro atoms. The summed E-state index contributed by atoms with van der Waals surface area (Å²) in [5, 5.41) is 3.82. The summed E-state index contributed by atoms with van der Waals surface area (Å²) in [6.07, 6.45) is 2.22. The van der Waals surface area contributed by atoms with Gasteiger partial charge in [-0.25, -0.2) is 9.97 Å². The molecule has 25 heavy (non-hydrogen) atoms. The van der Waals surface area contributed by atoms with E-state index in [9.17, 15) is 4.79 Å². The Morgan fingerprint density at radius 2 is 2.08 bits per heavy atom. The van der Waals surface area contributed by atoms with Gasteiger partial charge in [0.1, 0.15) is 5.69 Å². The molecular weight excluding hydrogens is 336 g/mol. The van der Waals surface area contributed by atoms with Crippen molar-refractivity contribution in [2.24, 2.45) is 5.92 Å². The van der Waals surface area contributed by atoms with Gasteiger partial charge in [-0.3, -0.25) is 4.79 Å². The second kappa shape index (κ2) is 7.40. The molecule has 1 unspecified atom stereocenters. The van der Waals surface area contributed by atoms with Crippen molar-refractivity contribution in [2.75, 3.05) is 18.4 Å².